The highest BCUT2D eigenvalue weighted by molar-refractivity contribution is 7.81. The summed E-state index contributed by atoms with van der Waals surface area (Å²) in [7, 11) is 0. The Kier molecular flexibility index (Phi) is 4.99. The predicted molar refractivity (Wildman–Crippen MR) is 117 cm³/mol. The number of nitriles is 1. The average molecular weight is 458 g/mol. The number of hydrogen-bond acceptors (Lipinski definition) is 4. The van der Waals surface area contributed by atoms with Gasteiger partial charge in [-0.2, -0.15) is 18.4 Å². The molecule has 10 heteroatoms. The first kappa shape index (κ1) is 21.8. The number of aliphatic hydroxyl groups is 1. The quantitative estimate of drug-likeness (QED) is 0.566. The molecule has 164 valence electrons. The van der Waals surface area contributed by atoms with Gasteiger partial charge in [0, 0.05) is 22.3 Å². The summed E-state index contributed by atoms with van der Waals surface area (Å²) in [4.78, 5) is 19.0. The van der Waals surface area contributed by atoms with E-state index < -0.39 is 28.7 Å². The Labute approximate surface area is 186 Å². The van der Waals surface area contributed by atoms with Gasteiger partial charge in [-0.15, -0.1) is 0 Å². The van der Waals surface area contributed by atoms with Gasteiger partial charge in [0.2, 0.25) is 0 Å². The highest BCUT2D eigenvalue weighted by Crippen LogP contribution is 2.40. The van der Waals surface area contributed by atoms with Crippen molar-refractivity contribution < 1.29 is 23.1 Å². The van der Waals surface area contributed by atoms with Gasteiger partial charge in [-0.1, -0.05) is 0 Å². The van der Waals surface area contributed by atoms with Gasteiger partial charge in [0.25, 0.3) is 5.91 Å². The number of fused-ring (bicyclic) bond motifs is 1. The molecule has 1 amide bonds. The summed E-state index contributed by atoms with van der Waals surface area (Å²) in [6.07, 6.45) is -4.76. The van der Waals surface area contributed by atoms with Gasteiger partial charge >= 0.3 is 6.18 Å². The van der Waals surface area contributed by atoms with E-state index in [0.717, 1.165) is 27.9 Å². The van der Waals surface area contributed by atoms with Gasteiger partial charge in [0.15, 0.2) is 5.11 Å². The third-order valence-electron chi connectivity index (χ3n) is 5.44. The number of thiocarbonyl (C=S) groups is 1. The number of aliphatic hydroxyl groups excluding tert-OH is 1. The monoisotopic (exact) mass is 458 g/mol. The molecule has 0 unspecified atom stereocenters. The van der Waals surface area contributed by atoms with E-state index in [1.165, 1.54) is 12.1 Å². The molecule has 0 radical (unpaired) electrons. The van der Waals surface area contributed by atoms with Crippen LogP contribution < -0.4 is 9.80 Å². The lowest BCUT2D eigenvalue weighted by Crippen LogP contribution is -2.44. The van der Waals surface area contributed by atoms with Crippen LogP contribution in [0.2, 0.25) is 0 Å². The number of aromatic amines is 1. The van der Waals surface area contributed by atoms with Crippen molar-refractivity contribution in [1.82, 2.24) is 4.98 Å². The van der Waals surface area contributed by atoms with Crippen LogP contribution in [0.1, 0.15) is 30.7 Å². The summed E-state index contributed by atoms with van der Waals surface area (Å²) in [5.41, 5.74) is -0.917. The van der Waals surface area contributed by atoms with E-state index in [4.69, 9.17) is 17.5 Å². The van der Waals surface area contributed by atoms with E-state index >= 15 is 0 Å². The average Bonchev–Trinajstić information content (AvgIpc) is 3.22. The van der Waals surface area contributed by atoms with E-state index in [9.17, 15) is 23.1 Å². The van der Waals surface area contributed by atoms with Crippen molar-refractivity contribution in [2.45, 2.75) is 32.2 Å². The molecule has 0 aliphatic carbocycles. The minimum atomic E-state index is -4.76. The topological polar surface area (TPSA) is 83.4 Å². The molecule has 1 saturated heterocycles. The van der Waals surface area contributed by atoms with E-state index in [1.807, 2.05) is 0 Å². The number of rotatable bonds is 3. The van der Waals surface area contributed by atoms with Crippen molar-refractivity contribution in [3.05, 3.63) is 59.3 Å². The summed E-state index contributed by atoms with van der Waals surface area (Å²) in [6, 6.07) is 11.7. The van der Waals surface area contributed by atoms with Crippen LogP contribution in [0.25, 0.3) is 10.9 Å². The maximum atomic E-state index is 13.5. The number of H-pyrrole nitrogens is 1. The molecule has 0 bridgehead atoms. The van der Waals surface area contributed by atoms with E-state index in [-0.39, 0.29) is 17.4 Å². The van der Waals surface area contributed by atoms with Gasteiger partial charge in [0.05, 0.1) is 29.5 Å². The first-order chi connectivity index (χ1) is 15.0. The summed E-state index contributed by atoms with van der Waals surface area (Å²) < 4.78 is 40.4. The Morgan fingerprint density at radius 1 is 1.16 bits per heavy atom. The third-order valence-corrected chi connectivity index (χ3v) is 5.81. The number of amides is 1. The Balaban J connectivity index is 1.80. The zero-order chi connectivity index (χ0) is 23.4. The maximum Gasteiger partial charge on any atom is 0.417 e. The smallest absolute Gasteiger partial charge is 0.390 e. The molecule has 32 heavy (non-hydrogen) atoms. The number of aromatic nitrogens is 1. The zero-order valence-corrected chi connectivity index (χ0v) is 17.8. The normalized spacial score (nSPS) is 16.2. The summed E-state index contributed by atoms with van der Waals surface area (Å²) in [5, 5.41) is 19.2. The largest absolute Gasteiger partial charge is 0.417 e. The van der Waals surface area contributed by atoms with Crippen LogP contribution in [0.15, 0.2) is 42.5 Å². The van der Waals surface area contributed by atoms with Gasteiger partial charge in [-0.3, -0.25) is 9.69 Å². The molecular weight excluding hydrogens is 441 g/mol. The van der Waals surface area contributed by atoms with Crippen LogP contribution in [-0.2, 0) is 17.6 Å². The van der Waals surface area contributed by atoms with Crippen molar-refractivity contribution in [2.75, 3.05) is 9.80 Å². The standard InChI is InChI=1S/C22H17F3N4O2S/c1-21(2)19(31)28(15-4-3-12(10-26)17(9-15)22(23,24)25)20(32)29(21)16-5-6-18-13(8-16)7-14(11-30)27-18/h3-9,27,30H,11H2,1-2H3. The lowest BCUT2D eigenvalue weighted by atomic mass is 10.0. The van der Waals surface area contributed by atoms with Crippen LogP contribution in [-0.4, -0.2) is 26.6 Å². The van der Waals surface area contributed by atoms with Crippen molar-refractivity contribution >= 4 is 45.5 Å². The number of hydrogen-bond donors (Lipinski definition) is 2. The second kappa shape index (κ2) is 7.32. The molecule has 3 aromatic rings. The fourth-order valence-electron chi connectivity index (χ4n) is 3.86. The van der Waals surface area contributed by atoms with Crippen LogP contribution in [0.5, 0.6) is 0 Å². The summed E-state index contributed by atoms with van der Waals surface area (Å²) >= 11 is 5.54. The van der Waals surface area contributed by atoms with E-state index in [2.05, 4.69) is 4.98 Å². The Morgan fingerprint density at radius 2 is 1.84 bits per heavy atom. The van der Waals surface area contributed by atoms with Crippen molar-refractivity contribution in [2.24, 2.45) is 0 Å². The number of benzene rings is 2. The molecule has 0 saturated carbocycles. The highest BCUT2D eigenvalue weighted by atomic mass is 32.1. The number of carbonyl (C=O) groups excluding carboxylic acids is 1. The maximum absolute atomic E-state index is 13.5. The fourth-order valence-corrected chi connectivity index (χ4v) is 4.39. The number of carbonyl (C=O) groups is 1. The molecule has 6 nitrogen and oxygen atoms in total. The highest BCUT2D eigenvalue weighted by Gasteiger charge is 2.50. The first-order valence-electron chi connectivity index (χ1n) is 9.51. The zero-order valence-electron chi connectivity index (χ0n) is 17.0. The molecule has 0 atom stereocenters. The number of anilines is 2. The molecule has 2 heterocycles. The first-order valence-corrected chi connectivity index (χ1v) is 9.92. The minimum Gasteiger partial charge on any atom is -0.390 e. The SMILES string of the molecule is CC1(C)C(=O)N(c2ccc(C#N)c(C(F)(F)F)c2)C(=S)N1c1ccc2[nH]c(CO)cc2c1. The summed E-state index contributed by atoms with van der Waals surface area (Å²) in [5.74, 6) is -0.495. The minimum absolute atomic E-state index is 0.0232. The van der Waals surface area contributed by atoms with Crippen LogP contribution >= 0.6 is 12.2 Å². The Morgan fingerprint density at radius 3 is 2.47 bits per heavy atom. The molecule has 2 aromatic carbocycles. The van der Waals surface area contributed by atoms with Gasteiger partial charge < -0.3 is 15.0 Å². The lowest BCUT2D eigenvalue weighted by molar-refractivity contribution is -0.137. The summed E-state index contributed by atoms with van der Waals surface area (Å²) in [6.45, 7) is 3.11. The van der Waals surface area contributed by atoms with Crippen LogP contribution in [0.3, 0.4) is 0 Å². The van der Waals surface area contributed by atoms with Gasteiger partial charge in [-0.25, -0.2) is 0 Å². The van der Waals surface area contributed by atoms with Crippen molar-refractivity contribution in [3.63, 3.8) is 0 Å². The fraction of sp³-hybridized carbons (Fsp3) is 0.227. The molecule has 2 N–H and O–H groups in total. The molecule has 1 aliphatic heterocycles. The molecular formula is C22H17F3N4O2S. The number of nitrogens with zero attached hydrogens (tertiary/aromatic N) is 3. The second-order valence-electron chi connectivity index (χ2n) is 7.88. The van der Waals surface area contributed by atoms with E-state index in [0.29, 0.717) is 11.4 Å². The number of alkyl halides is 3. The number of nitrogens with one attached hydrogen (secondary N) is 1. The van der Waals surface area contributed by atoms with Gasteiger partial charge in [-0.05, 0) is 68.5 Å². The Bertz CT molecular complexity index is 1310. The van der Waals surface area contributed by atoms with E-state index in [1.54, 1.807) is 43.0 Å². The molecule has 4 rings (SSSR count). The molecule has 0 spiro atoms. The number of halogens is 3. The van der Waals surface area contributed by atoms with Crippen LogP contribution in [0, 0.1) is 11.3 Å². The predicted octanol–water partition coefficient (Wildman–Crippen LogP) is 4.47. The Hall–Kier alpha value is -3.42. The second-order valence-corrected chi connectivity index (χ2v) is 8.25. The lowest BCUT2D eigenvalue weighted by Gasteiger charge is -2.29. The molecule has 1 fully saturated rings. The molecule has 1 aliphatic rings. The van der Waals surface area contributed by atoms with Gasteiger partial charge in [0.1, 0.15) is 5.54 Å². The van der Waals surface area contributed by atoms with Crippen LogP contribution in [0.4, 0.5) is 24.5 Å². The van der Waals surface area contributed by atoms with Crippen molar-refractivity contribution in [1.29, 1.82) is 5.26 Å². The molecule has 1 aromatic heterocycles. The third kappa shape index (κ3) is 3.30. The van der Waals surface area contributed by atoms with Crippen molar-refractivity contribution in [3.8, 4) is 6.07 Å².